The first-order valence-corrected chi connectivity index (χ1v) is 17.2. The van der Waals surface area contributed by atoms with E-state index in [2.05, 4.69) is 0 Å². The van der Waals surface area contributed by atoms with E-state index in [0.717, 1.165) is 22.6 Å². The van der Waals surface area contributed by atoms with Crippen molar-refractivity contribution in [2.75, 3.05) is 7.11 Å². The van der Waals surface area contributed by atoms with E-state index in [1.165, 1.54) is 67.4 Å². The molecule has 0 aromatic heterocycles. The molecule has 5 rings (SSSR count). The van der Waals surface area contributed by atoms with Crippen LogP contribution in [0.25, 0.3) is 0 Å². The maximum Gasteiger partial charge on any atom is 0.417 e. The van der Waals surface area contributed by atoms with Gasteiger partial charge < -0.3 is 4.74 Å². The van der Waals surface area contributed by atoms with Crippen molar-refractivity contribution < 1.29 is 50.7 Å². The minimum absolute atomic E-state index is 0.0277. The minimum Gasteiger partial charge on any atom is -0.497 e. The van der Waals surface area contributed by atoms with E-state index in [9.17, 15) is 31.9 Å². The van der Waals surface area contributed by atoms with Crippen LogP contribution in [0.2, 0.25) is 0 Å². The molecule has 1 atom stereocenters. The average molecular weight is 687 g/mol. The van der Waals surface area contributed by atoms with Crippen LogP contribution in [0.1, 0.15) is 27.0 Å². The molecule has 1 unspecified atom stereocenters. The largest absolute Gasteiger partial charge is 0.497 e. The summed E-state index contributed by atoms with van der Waals surface area (Å²) in [7, 11) is -7.63. The van der Waals surface area contributed by atoms with Gasteiger partial charge in [-0.2, -0.15) is 27.1 Å². The summed E-state index contributed by atoms with van der Waals surface area (Å²) in [5, 5.41) is 0. The number of methoxy groups -OCH3 is 1. The van der Waals surface area contributed by atoms with Gasteiger partial charge in [-0.1, -0.05) is 60.3 Å². The predicted octanol–water partition coefficient (Wildman–Crippen LogP) is 6.52. The number of carbonyl (C=O) groups is 1. The molecule has 238 valence electrons. The van der Waals surface area contributed by atoms with Gasteiger partial charge in [0.05, 0.1) is 33.2 Å². The minimum atomic E-state index is -5.22. The molecule has 5 aromatic rings. The molecule has 46 heavy (non-hydrogen) atoms. The topological polar surface area (TPSA) is 105 Å². The van der Waals surface area contributed by atoms with Gasteiger partial charge in [0, 0.05) is 35.6 Å². The number of aryl methyl sites for hydroxylation is 1. The Bertz CT molecular complexity index is 1830. The molecular weight excluding hydrogens is 661 g/mol. The van der Waals surface area contributed by atoms with Crippen molar-refractivity contribution >= 4 is 27.9 Å². The van der Waals surface area contributed by atoms with Crippen molar-refractivity contribution in [3.8, 4) is 5.75 Å². The van der Waals surface area contributed by atoms with Crippen molar-refractivity contribution in [1.29, 1.82) is 0 Å². The van der Waals surface area contributed by atoms with Crippen LogP contribution in [0.4, 0.5) is 13.2 Å². The molecule has 5 aromatic carbocycles. The van der Waals surface area contributed by atoms with Gasteiger partial charge in [-0.15, -0.1) is 0 Å². The first kappa shape index (κ1) is 33.6. The molecule has 0 aliphatic carbocycles. The van der Waals surface area contributed by atoms with E-state index in [0.29, 0.717) is 21.8 Å². The number of carbonyl (C=O) groups excluding carboxylic acids is 1. The number of hydrogen-bond acceptors (Lipinski definition) is 7. The van der Waals surface area contributed by atoms with Gasteiger partial charge in [0.15, 0.2) is 5.78 Å². The van der Waals surface area contributed by atoms with Gasteiger partial charge in [-0.05, 0) is 85.3 Å². The highest BCUT2D eigenvalue weighted by molar-refractivity contribution is 8.30. The number of ketones is 1. The number of hydrogen-bond donors (Lipinski definition) is 0. The summed E-state index contributed by atoms with van der Waals surface area (Å²) in [4.78, 5) is 14.1. The monoisotopic (exact) mass is 686 g/mol. The Balaban J connectivity index is 1.61. The fraction of sp³-hybridized carbons (Fsp3) is 0.0882. The first-order valence-electron chi connectivity index (χ1n) is 13.6. The van der Waals surface area contributed by atoms with Gasteiger partial charge in [0.1, 0.15) is 9.49 Å². The number of alkyl halides is 3. The quantitative estimate of drug-likeness (QED) is 0.154. The van der Waals surface area contributed by atoms with Gasteiger partial charge in [0.25, 0.3) is 0 Å². The third-order valence-electron chi connectivity index (χ3n) is 6.95. The fourth-order valence-corrected chi connectivity index (χ4v) is 10.0. The van der Waals surface area contributed by atoms with Crippen molar-refractivity contribution in [2.45, 2.75) is 37.6 Å². The molecule has 0 amide bonds. The Morgan fingerprint density at radius 2 is 1.33 bits per heavy atom. The zero-order chi connectivity index (χ0) is 33.1. The summed E-state index contributed by atoms with van der Waals surface area (Å²) in [5.74, 6) is 0.223. The second kappa shape index (κ2) is 13.5. The van der Waals surface area contributed by atoms with Crippen LogP contribution < -0.4 is 18.7 Å². The van der Waals surface area contributed by atoms with Crippen LogP contribution in [0.3, 0.4) is 0 Å². The second-order valence-corrected chi connectivity index (χ2v) is 14.8. The third kappa shape index (κ3) is 7.26. The Labute approximate surface area is 271 Å². The van der Waals surface area contributed by atoms with Gasteiger partial charge in [-0.25, -0.2) is 0 Å². The number of ether oxygens (including phenoxy) is 1. The highest BCUT2D eigenvalue weighted by Gasteiger charge is 2.51. The molecule has 0 spiro atoms. The van der Waals surface area contributed by atoms with Crippen LogP contribution >= 0.6 is 22.1 Å². The molecule has 0 saturated heterocycles. The SMILES string of the molecule is COc1ccc(S(O[Cl+3]([O-])([O-])[O-])(c2ccc(Sc3ccc(C)c(C(=O)c4ccccc4)c3)cc2)c2ccccc2C(F)(F)F)cc1. The maximum atomic E-state index is 14.4. The molecule has 0 aliphatic rings. The van der Waals surface area contributed by atoms with E-state index in [4.69, 9.17) is 8.47 Å². The lowest BCUT2D eigenvalue weighted by atomic mass is 9.99. The van der Waals surface area contributed by atoms with Crippen LogP contribution in [-0.4, -0.2) is 12.9 Å². The smallest absolute Gasteiger partial charge is 0.417 e. The number of benzene rings is 5. The summed E-state index contributed by atoms with van der Waals surface area (Å²) in [6.45, 7) is 1.84. The number of halogens is 4. The van der Waals surface area contributed by atoms with Crippen molar-refractivity contribution in [3.63, 3.8) is 0 Å². The zero-order valence-electron chi connectivity index (χ0n) is 24.3. The van der Waals surface area contributed by atoms with Crippen molar-refractivity contribution in [3.05, 3.63) is 144 Å². The predicted molar refractivity (Wildman–Crippen MR) is 160 cm³/mol. The third-order valence-corrected chi connectivity index (χ3v) is 12.2. The molecule has 0 N–H and O–H groups in total. The molecule has 0 saturated carbocycles. The molecule has 0 bridgehead atoms. The highest BCUT2D eigenvalue weighted by Crippen LogP contribution is 2.72. The van der Waals surface area contributed by atoms with Gasteiger partial charge in [-0.3, -0.25) is 4.79 Å². The van der Waals surface area contributed by atoms with Crippen molar-refractivity contribution in [2.24, 2.45) is 0 Å². The Morgan fingerprint density at radius 1 is 0.761 bits per heavy atom. The Kier molecular flexibility index (Phi) is 9.85. The average Bonchev–Trinajstić information content (AvgIpc) is 3.04. The van der Waals surface area contributed by atoms with Crippen LogP contribution in [0.5, 0.6) is 5.75 Å². The summed E-state index contributed by atoms with van der Waals surface area (Å²) in [5.41, 5.74) is 0.711. The van der Waals surface area contributed by atoms with Crippen LogP contribution in [-0.2, 0) is 9.91 Å². The van der Waals surface area contributed by atoms with E-state index in [-0.39, 0.29) is 15.6 Å². The standard InChI is InChI=1S/C34H26ClF3O6S2/c1-23-12-15-27(22-30(23)33(39)24-8-4-3-5-9-24)45-26-16-20-29(21-17-26)46(44-35(40,41)42,28-18-13-25(43-2)14-19-28)32-11-7-6-10-31(32)34(36,37)38/h3-22H,1-2H3. The number of rotatable bonds is 10. The lowest BCUT2D eigenvalue weighted by Gasteiger charge is -2.36. The molecule has 12 heteroatoms. The zero-order valence-corrected chi connectivity index (χ0v) is 26.7. The molecule has 0 heterocycles. The lowest BCUT2D eigenvalue weighted by Crippen LogP contribution is -2.61. The fourth-order valence-electron chi connectivity index (χ4n) is 4.82. The normalized spacial score (nSPS) is 13.9. The lowest BCUT2D eigenvalue weighted by molar-refractivity contribution is -1.91. The van der Waals surface area contributed by atoms with Gasteiger partial charge in [0.2, 0.25) is 0 Å². The van der Waals surface area contributed by atoms with E-state index in [1.807, 2.05) is 25.1 Å². The second-order valence-electron chi connectivity index (χ2n) is 9.91. The Hall–Kier alpha value is -3.81. The van der Waals surface area contributed by atoms with Crippen molar-refractivity contribution in [1.82, 2.24) is 0 Å². The van der Waals surface area contributed by atoms with E-state index < -0.39 is 37.2 Å². The van der Waals surface area contributed by atoms with Gasteiger partial charge >= 0.3 is 6.18 Å². The molecule has 0 fully saturated rings. The Morgan fingerprint density at radius 3 is 1.91 bits per heavy atom. The summed E-state index contributed by atoms with van der Waals surface area (Å²) in [6.07, 6.45) is -4.90. The molecule has 0 radical (unpaired) electrons. The highest BCUT2D eigenvalue weighted by atomic mass is 35.7. The van der Waals surface area contributed by atoms with E-state index >= 15 is 0 Å². The summed E-state index contributed by atoms with van der Waals surface area (Å²) < 4.78 is 90.3. The first-order chi connectivity index (χ1) is 21.8. The molecular formula is C34H26ClF3O6S2. The summed E-state index contributed by atoms with van der Waals surface area (Å²) >= 11 is 1.30. The van der Waals surface area contributed by atoms with Crippen LogP contribution in [0.15, 0.2) is 146 Å². The molecule has 6 nitrogen and oxygen atoms in total. The van der Waals surface area contributed by atoms with Crippen LogP contribution in [0, 0.1) is 17.2 Å². The summed E-state index contributed by atoms with van der Waals surface area (Å²) in [6, 6.07) is 30.4. The van der Waals surface area contributed by atoms with E-state index in [1.54, 1.807) is 42.5 Å². The maximum absolute atomic E-state index is 14.4. The molecule has 0 aliphatic heterocycles.